The lowest BCUT2D eigenvalue weighted by Crippen LogP contribution is -2.62. The summed E-state index contributed by atoms with van der Waals surface area (Å²) >= 11 is 0. The van der Waals surface area contributed by atoms with Crippen LogP contribution in [-0.2, 0) is 40.0 Å². The fourth-order valence-corrected chi connectivity index (χ4v) is 6.01. The summed E-state index contributed by atoms with van der Waals surface area (Å²) < 4.78 is 4.65. The minimum Gasteiger partial charge on any atom is -0.481 e. The summed E-state index contributed by atoms with van der Waals surface area (Å²) in [5.41, 5.74) is -0.702. The van der Waals surface area contributed by atoms with E-state index in [4.69, 9.17) is 0 Å². The van der Waals surface area contributed by atoms with Gasteiger partial charge in [-0.3, -0.25) is 38.4 Å². The van der Waals surface area contributed by atoms with Crippen LogP contribution in [0.1, 0.15) is 95.1 Å². The van der Waals surface area contributed by atoms with Crippen molar-refractivity contribution < 1.29 is 63.0 Å². The van der Waals surface area contributed by atoms with Gasteiger partial charge in [-0.2, -0.15) is 0 Å². The quantitative estimate of drug-likeness (QED) is 0.0635. The summed E-state index contributed by atoms with van der Waals surface area (Å²) in [6, 6.07) is 1.43. The number of carbonyl (C=O) groups is 8. The highest BCUT2D eigenvalue weighted by Gasteiger charge is 2.38. The first-order valence-electron chi connectivity index (χ1n) is 19.7. The molecule has 10 N–H and O–H groups in total. The SMILES string of the molecule is CC[C@H](NC(=O)[C@H](CC(C)C)NC(=O)[C@@H](NC(=O)[C@H](Cc1ccccc1C)NC(=O)[C@H](CCC(=O)O)NC(=O)[C@H](CC(=O)O)NC(=O)c1ccc(=O)oc1)C(C)(C)C)B(O)O. The van der Waals surface area contributed by atoms with Crippen molar-refractivity contribution in [3.8, 4) is 0 Å². The van der Waals surface area contributed by atoms with Crippen LogP contribution in [0.15, 0.2) is 51.9 Å². The monoisotopic (exact) mass is 856 g/mol. The second-order valence-corrected chi connectivity index (χ2v) is 16.1. The first-order valence-corrected chi connectivity index (χ1v) is 19.7. The Kier molecular flexibility index (Phi) is 19.8. The smallest absolute Gasteiger partial charge is 0.475 e. The van der Waals surface area contributed by atoms with Gasteiger partial charge in [-0.05, 0) is 54.7 Å². The van der Waals surface area contributed by atoms with Gasteiger partial charge in [0, 0.05) is 18.9 Å². The molecule has 1 aromatic heterocycles. The fourth-order valence-electron chi connectivity index (χ4n) is 6.01. The number of carbonyl (C=O) groups excluding carboxylic acids is 6. The predicted octanol–water partition coefficient (Wildman–Crippen LogP) is -0.433. The van der Waals surface area contributed by atoms with Gasteiger partial charge in [0.05, 0.1) is 17.9 Å². The van der Waals surface area contributed by atoms with Crippen LogP contribution < -0.4 is 37.5 Å². The van der Waals surface area contributed by atoms with E-state index in [1.54, 1.807) is 58.9 Å². The minimum atomic E-state index is -1.86. The molecule has 0 spiro atoms. The van der Waals surface area contributed by atoms with Crippen molar-refractivity contribution in [1.82, 2.24) is 31.9 Å². The van der Waals surface area contributed by atoms with E-state index in [1.165, 1.54) is 0 Å². The third-order valence-corrected chi connectivity index (χ3v) is 9.44. The maximum atomic E-state index is 14.3. The fraction of sp³-hybridized carbons (Fsp3) is 0.525. The van der Waals surface area contributed by atoms with Crippen LogP contribution in [0.2, 0.25) is 0 Å². The first-order chi connectivity index (χ1) is 28.4. The summed E-state index contributed by atoms with van der Waals surface area (Å²) in [6.45, 7) is 12.0. The average Bonchev–Trinajstić information content (AvgIpc) is 3.16. The number of carboxylic acid groups (broad SMARTS) is 2. The molecule has 0 aliphatic heterocycles. The highest BCUT2D eigenvalue weighted by Crippen LogP contribution is 2.21. The Balaban J connectivity index is 2.48. The number of aliphatic carboxylic acids is 2. The molecule has 1 aromatic carbocycles. The number of hydrogen-bond acceptors (Lipinski definition) is 12. The lowest BCUT2D eigenvalue weighted by Gasteiger charge is -2.34. The summed E-state index contributed by atoms with van der Waals surface area (Å²) in [5.74, 6) is -9.59. The molecule has 1 heterocycles. The van der Waals surface area contributed by atoms with Gasteiger partial charge in [0.15, 0.2) is 0 Å². The van der Waals surface area contributed by atoms with Gasteiger partial charge < -0.3 is 56.6 Å². The number of amides is 6. The van der Waals surface area contributed by atoms with Crippen LogP contribution in [0, 0.1) is 18.3 Å². The lowest BCUT2D eigenvalue weighted by molar-refractivity contribution is -0.140. The number of benzene rings is 1. The molecule has 61 heavy (non-hydrogen) atoms. The van der Waals surface area contributed by atoms with Crippen molar-refractivity contribution in [1.29, 1.82) is 0 Å². The van der Waals surface area contributed by atoms with Gasteiger partial charge in [-0.15, -0.1) is 0 Å². The van der Waals surface area contributed by atoms with Gasteiger partial charge in [0.25, 0.3) is 5.91 Å². The predicted molar refractivity (Wildman–Crippen MR) is 219 cm³/mol. The van der Waals surface area contributed by atoms with Crippen LogP contribution in [-0.4, -0.2) is 111 Å². The Labute approximate surface area is 353 Å². The highest BCUT2D eigenvalue weighted by atomic mass is 16.4. The number of nitrogens with one attached hydrogen (secondary N) is 6. The van der Waals surface area contributed by atoms with E-state index in [0.717, 1.165) is 24.0 Å². The Hall–Kier alpha value is -6.09. The summed E-state index contributed by atoms with van der Waals surface area (Å²) in [6.07, 6.45) is -1.22. The van der Waals surface area contributed by atoms with Crippen molar-refractivity contribution in [2.45, 2.75) is 123 Å². The Morgan fingerprint density at radius 2 is 1.30 bits per heavy atom. The second-order valence-electron chi connectivity index (χ2n) is 16.1. The molecule has 0 aliphatic carbocycles. The maximum Gasteiger partial charge on any atom is 0.475 e. The van der Waals surface area contributed by atoms with Crippen molar-refractivity contribution in [3.05, 3.63) is 69.8 Å². The molecule has 0 radical (unpaired) electrons. The van der Waals surface area contributed by atoms with E-state index in [-0.39, 0.29) is 30.7 Å². The molecule has 0 unspecified atom stereocenters. The molecular weight excluding hydrogens is 799 g/mol. The van der Waals surface area contributed by atoms with Crippen molar-refractivity contribution in [3.63, 3.8) is 0 Å². The number of carboxylic acids is 2. The van der Waals surface area contributed by atoms with Crippen molar-refractivity contribution in [2.24, 2.45) is 11.3 Å². The topological polar surface area (TPSA) is 320 Å². The molecule has 6 atom stereocenters. The van der Waals surface area contributed by atoms with Gasteiger partial charge >= 0.3 is 24.7 Å². The van der Waals surface area contributed by atoms with Crippen molar-refractivity contribution in [2.75, 3.05) is 0 Å². The summed E-state index contributed by atoms with van der Waals surface area (Å²) in [5, 5.41) is 53.2. The van der Waals surface area contributed by atoms with Crippen LogP contribution in [0.5, 0.6) is 0 Å². The zero-order chi connectivity index (χ0) is 46.2. The molecule has 334 valence electrons. The molecule has 0 bridgehead atoms. The standard InChI is InChI=1S/C40H57BN6O14/c1-8-29(41(59)60)46-37(56)26(17-21(2)3)45-39(58)33(40(5,6)7)47-38(57)27(18-23-12-10-9-11-22(23)4)44-35(54)25(14-15-30(48)49)42-36(55)28(19-31(50)51)43-34(53)24-13-16-32(52)61-20-24/h9-13,16,20-21,25-29,33,59-60H,8,14-15,17-19H2,1-7H3,(H,42,55)(H,43,53)(H,44,54)(H,45,58)(H,46,56)(H,47,57)(H,48,49)(H,50,51)/t25-,26-,27-,28-,29-,33+/m0/s1. The molecule has 6 amide bonds. The van der Waals surface area contributed by atoms with Crippen LogP contribution >= 0.6 is 0 Å². The van der Waals surface area contributed by atoms with Gasteiger partial charge in [-0.25, -0.2) is 4.79 Å². The molecular formula is C40H57BN6O14. The Morgan fingerprint density at radius 3 is 1.82 bits per heavy atom. The number of aryl methyl sites for hydroxylation is 1. The van der Waals surface area contributed by atoms with Crippen LogP contribution in [0.3, 0.4) is 0 Å². The lowest BCUT2D eigenvalue weighted by atomic mass is 9.77. The number of rotatable bonds is 23. The van der Waals surface area contributed by atoms with Gasteiger partial charge in [-0.1, -0.05) is 65.8 Å². The highest BCUT2D eigenvalue weighted by molar-refractivity contribution is 6.43. The van der Waals surface area contributed by atoms with Crippen molar-refractivity contribution >= 4 is 54.5 Å². The largest absolute Gasteiger partial charge is 0.481 e. The first kappa shape index (κ1) is 51.1. The number of hydrogen-bond donors (Lipinski definition) is 10. The average molecular weight is 857 g/mol. The van der Waals surface area contributed by atoms with Crippen LogP contribution in [0.4, 0.5) is 0 Å². The van der Waals surface area contributed by atoms with E-state index in [2.05, 4.69) is 36.3 Å². The third kappa shape index (κ3) is 17.2. The van der Waals surface area contributed by atoms with E-state index >= 15 is 0 Å². The van der Waals surface area contributed by atoms with Gasteiger partial charge in [0.1, 0.15) is 36.5 Å². The summed E-state index contributed by atoms with van der Waals surface area (Å²) in [4.78, 5) is 117. The minimum absolute atomic E-state index is 0.107. The summed E-state index contributed by atoms with van der Waals surface area (Å²) in [7, 11) is -1.86. The van der Waals surface area contributed by atoms with Crippen LogP contribution in [0.25, 0.3) is 0 Å². The second kappa shape index (κ2) is 23.6. The Morgan fingerprint density at radius 1 is 0.721 bits per heavy atom. The molecule has 2 rings (SSSR count). The molecule has 0 saturated carbocycles. The molecule has 21 heteroatoms. The van der Waals surface area contributed by atoms with E-state index in [0.29, 0.717) is 5.56 Å². The zero-order valence-electron chi connectivity index (χ0n) is 35.3. The molecule has 2 aromatic rings. The van der Waals surface area contributed by atoms with Gasteiger partial charge in [0.2, 0.25) is 29.5 Å². The van der Waals surface area contributed by atoms with E-state index < -0.39 is 121 Å². The molecule has 20 nitrogen and oxygen atoms in total. The third-order valence-electron chi connectivity index (χ3n) is 9.44. The normalized spacial score (nSPS) is 14.2. The Bertz CT molecular complexity index is 1930. The molecule has 0 fully saturated rings. The maximum absolute atomic E-state index is 14.3. The van der Waals surface area contributed by atoms with E-state index in [1.807, 2.05) is 13.8 Å². The molecule has 0 saturated heterocycles. The van der Waals surface area contributed by atoms with E-state index in [9.17, 15) is 63.4 Å². The zero-order valence-corrected chi connectivity index (χ0v) is 35.3. The molecule has 0 aliphatic rings.